The summed E-state index contributed by atoms with van der Waals surface area (Å²) in [5, 5.41) is 3.63. The molecule has 21 heavy (non-hydrogen) atoms. The number of hydrogen-bond donors (Lipinski definition) is 1. The highest BCUT2D eigenvalue weighted by atomic mass is 16.5. The fourth-order valence-electron chi connectivity index (χ4n) is 2.62. The van der Waals surface area contributed by atoms with Gasteiger partial charge in [0.15, 0.2) is 0 Å². The molecule has 0 aliphatic carbocycles. The molecule has 0 aliphatic heterocycles. The molecule has 0 heterocycles. The molecule has 1 unspecified atom stereocenters. The normalized spacial score (nSPS) is 14.6. The Morgan fingerprint density at radius 2 is 1.76 bits per heavy atom. The lowest BCUT2D eigenvalue weighted by Gasteiger charge is -2.35. The maximum Gasteiger partial charge on any atom is 0.0488 e. The molecule has 2 nitrogen and oxygen atoms in total. The maximum atomic E-state index is 5.85. The molecule has 0 saturated carbocycles. The molecular weight excluding hydrogens is 258 g/mol. The van der Waals surface area contributed by atoms with Crippen LogP contribution in [0.5, 0.6) is 0 Å². The largest absolute Gasteiger partial charge is 0.381 e. The monoisotopic (exact) mass is 291 g/mol. The molecule has 2 heteroatoms. The first kappa shape index (κ1) is 18.2. The summed E-state index contributed by atoms with van der Waals surface area (Å²) in [5.74, 6) is 0.603. The summed E-state index contributed by atoms with van der Waals surface area (Å²) in [4.78, 5) is 0. The Labute approximate surface area is 131 Å². The van der Waals surface area contributed by atoms with Gasteiger partial charge < -0.3 is 10.1 Å². The van der Waals surface area contributed by atoms with Gasteiger partial charge in [0.1, 0.15) is 0 Å². The van der Waals surface area contributed by atoms with Crippen molar-refractivity contribution in [2.24, 2.45) is 5.92 Å². The molecule has 1 aromatic rings. The predicted octanol–water partition coefficient (Wildman–Crippen LogP) is 4.40. The van der Waals surface area contributed by atoms with Crippen molar-refractivity contribution in [2.45, 2.75) is 58.9 Å². The highest BCUT2D eigenvalue weighted by Gasteiger charge is 2.30. The summed E-state index contributed by atoms with van der Waals surface area (Å²) < 4.78 is 5.85. The van der Waals surface area contributed by atoms with Crippen molar-refractivity contribution in [3.8, 4) is 0 Å². The molecule has 0 spiro atoms. The average Bonchev–Trinajstić information content (AvgIpc) is 2.47. The van der Waals surface area contributed by atoms with E-state index >= 15 is 0 Å². The lowest BCUT2D eigenvalue weighted by atomic mass is 9.75. The topological polar surface area (TPSA) is 21.3 Å². The van der Waals surface area contributed by atoms with Crippen molar-refractivity contribution >= 4 is 0 Å². The van der Waals surface area contributed by atoms with Crippen molar-refractivity contribution in [3.05, 3.63) is 35.9 Å². The Morgan fingerprint density at radius 3 is 2.29 bits per heavy atom. The molecular formula is C19H33NO. The van der Waals surface area contributed by atoms with Crippen LogP contribution in [0.2, 0.25) is 0 Å². The van der Waals surface area contributed by atoms with Gasteiger partial charge in [0.2, 0.25) is 0 Å². The van der Waals surface area contributed by atoms with Crippen LogP contribution in [0.4, 0.5) is 0 Å². The van der Waals surface area contributed by atoms with E-state index in [-0.39, 0.29) is 5.41 Å². The van der Waals surface area contributed by atoms with Crippen LogP contribution in [0.15, 0.2) is 30.3 Å². The molecule has 120 valence electrons. The molecule has 0 fully saturated rings. The second kappa shape index (κ2) is 9.22. The molecule has 0 amide bonds. The third kappa shape index (κ3) is 6.19. The fourth-order valence-corrected chi connectivity index (χ4v) is 2.62. The summed E-state index contributed by atoms with van der Waals surface area (Å²) in [6, 6.07) is 11.4. The van der Waals surface area contributed by atoms with Crippen molar-refractivity contribution in [2.75, 3.05) is 19.8 Å². The lowest BCUT2D eigenvalue weighted by Crippen LogP contribution is -2.41. The molecule has 1 atom stereocenters. The Bertz CT molecular complexity index is 374. The smallest absolute Gasteiger partial charge is 0.0488 e. The third-order valence-electron chi connectivity index (χ3n) is 4.09. The van der Waals surface area contributed by atoms with Gasteiger partial charge in [-0.1, -0.05) is 65.0 Å². The predicted molar refractivity (Wildman–Crippen MR) is 91.8 cm³/mol. The van der Waals surface area contributed by atoms with E-state index in [9.17, 15) is 0 Å². The molecule has 0 bridgehead atoms. The van der Waals surface area contributed by atoms with Crippen molar-refractivity contribution < 1.29 is 4.74 Å². The molecule has 0 radical (unpaired) electrons. The van der Waals surface area contributed by atoms with Gasteiger partial charge in [-0.3, -0.25) is 0 Å². The van der Waals surface area contributed by atoms with Crippen molar-refractivity contribution in [1.29, 1.82) is 0 Å². The van der Waals surface area contributed by atoms with Crippen LogP contribution >= 0.6 is 0 Å². The Hall–Kier alpha value is -0.860. The Balaban J connectivity index is 2.76. The van der Waals surface area contributed by atoms with E-state index in [2.05, 4.69) is 70.3 Å². The first-order valence-corrected chi connectivity index (χ1v) is 8.37. The van der Waals surface area contributed by atoms with E-state index in [0.29, 0.717) is 12.0 Å². The zero-order chi connectivity index (χ0) is 15.7. The number of nitrogens with one attached hydrogen (secondary N) is 1. The van der Waals surface area contributed by atoms with E-state index in [1.54, 1.807) is 0 Å². The fraction of sp³-hybridized carbons (Fsp3) is 0.684. The van der Waals surface area contributed by atoms with Gasteiger partial charge in [0.05, 0.1) is 0 Å². The third-order valence-corrected chi connectivity index (χ3v) is 4.09. The van der Waals surface area contributed by atoms with Crippen LogP contribution in [0, 0.1) is 5.92 Å². The van der Waals surface area contributed by atoms with E-state index in [1.807, 2.05) is 0 Å². The molecule has 1 rings (SSSR count). The molecule has 1 aromatic carbocycles. The van der Waals surface area contributed by atoms with Crippen molar-refractivity contribution in [3.63, 3.8) is 0 Å². The van der Waals surface area contributed by atoms with E-state index in [1.165, 1.54) is 5.56 Å². The molecule has 1 N–H and O–H groups in total. The van der Waals surface area contributed by atoms with Crippen LogP contribution in [0.1, 0.15) is 53.0 Å². The van der Waals surface area contributed by atoms with Gasteiger partial charge in [-0.2, -0.15) is 0 Å². The van der Waals surface area contributed by atoms with Gasteiger partial charge in [0, 0.05) is 31.2 Å². The summed E-state index contributed by atoms with van der Waals surface area (Å²) in [5.41, 5.74) is 1.59. The van der Waals surface area contributed by atoms with Gasteiger partial charge >= 0.3 is 0 Å². The van der Waals surface area contributed by atoms with E-state index < -0.39 is 0 Å². The van der Waals surface area contributed by atoms with Crippen LogP contribution < -0.4 is 5.32 Å². The van der Waals surface area contributed by atoms with Crippen LogP contribution in [0.3, 0.4) is 0 Å². The quantitative estimate of drug-likeness (QED) is 0.645. The highest BCUT2D eigenvalue weighted by molar-refractivity contribution is 5.26. The first-order chi connectivity index (χ1) is 10.00. The van der Waals surface area contributed by atoms with Crippen molar-refractivity contribution in [1.82, 2.24) is 5.32 Å². The first-order valence-electron chi connectivity index (χ1n) is 8.37. The van der Waals surface area contributed by atoms with Crippen LogP contribution in [-0.2, 0) is 10.2 Å². The van der Waals surface area contributed by atoms with Gasteiger partial charge in [-0.05, 0) is 24.3 Å². The molecule has 0 aliphatic rings. The van der Waals surface area contributed by atoms with Gasteiger partial charge in [-0.15, -0.1) is 0 Å². The number of hydrogen-bond acceptors (Lipinski definition) is 2. The van der Waals surface area contributed by atoms with Gasteiger partial charge in [-0.25, -0.2) is 0 Å². The van der Waals surface area contributed by atoms with Gasteiger partial charge in [0.25, 0.3) is 0 Å². The second-order valence-corrected chi connectivity index (χ2v) is 6.75. The average molecular weight is 291 g/mol. The zero-order valence-electron chi connectivity index (χ0n) is 14.5. The zero-order valence-corrected chi connectivity index (χ0v) is 14.5. The highest BCUT2D eigenvalue weighted by Crippen LogP contribution is 2.31. The molecule has 0 saturated heterocycles. The summed E-state index contributed by atoms with van der Waals surface area (Å²) in [6.07, 6.45) is 2.20. The Morgan fingerprint density at radius 1 is 1.10 bits per heavy atom. The minimum absolute atomic E-state index is 0.169. The standard InChI is InChI=1S/C19H33NO/c1-6-19(15-20-17(4)5,12-13-21-14-16(2)3)18-10-8-7-9-11-18/h7-11,16-17,20H,6,12-15H2,1-5H3. The summed E-state index contributed by atoms with van der Waals surface area (Å²) in [6.45, 7) is 13.8. The number of ether oxygens (including phenoxy) is 1. The number of rotatable bonds is 10. The van der Waals surface area contributed by atoms with Crippen LogP contribution in [0.25, 0.3) is 0 Å². The lowest BCUT2D eigenvalue weighted by molar-refractivity contribution is 0.0906. The Kier molecular flexibility index (Phi) is 7.98. The second-order valence-electron chi connectivity index (χ2n) is 6.75. The summed E-state index contributed by atoms with van der Waals surface area (Å²) in [7, 11) is 0. The van der Waals surface area contributed by atoms with E-state index in [0.717, 1.165) is 32.6 Å². The van der Waals surface area contributed by atoms with E-state index in [4.69, 9.17) is 4.74 Å². The SMILES string of the molecule is CCC(CCOCC(C)C)(CNC(C)C)c1ccccc1. The summed E-state index contributed by atoms with van der Waals surface area (Å²) >= 11 is 0. The maximum absolute atomic E-state index is 5.85. The van der Waals surface area contributed by atoms with Crippen LogP contribution in [-0.4, -0.2) is 25.8 Å². The molecule has 0 aromatic heterocycles. The minimum Gasteiger partial charge on any atom is -0.381 e. The minimum atomic E-state index is 0.169. The number of benzene rings is 1.